The fourth-order valence-electron chi connectivity index (χ4n) is 2.94. The molecular weight excluding hydrogens is 206 g/mol. The van der Waals surface area contributed by atoms with Crippen molar-refractivity contribution in [2.75, 3.05) is 18.0 Å². The van der Waals surface area contributed by atoms with Gasteiger partial charge in [-0.25, -0.2) is 0 Å². The van der Waals surface area contributed by atoms with Crippen LogP contribution in [0.5, 0.6) is 0 Å². The predicted octanol–water partition coefficient (Wildman–Crippen LogP) is 1.63. The minimum atomic E-state index is 0.454. The van der Waals surface area contributed by atoms with E-state index in [0.717, 1.165) is 18.8 Å². The highest BCUT2D eigenvalue weighted by atomic mass is 32.1. The maximum Gasteiger partial charge on any atom is 0.112 e. The molecule has 4 heteroatoms. The monoisotopic (exact) mass is 223 g/mol. The summed E-state index contributed by atoms with van der Waals surface area (Å²) in [5.74, 6) is 1.43. The molecule has 2 bridgehead atoms. The fraction of sp³-hybridized carbons (Fsp3) is 0.727. The van der Waals surface area contributed by atoms with Crippen molar-refractivity contribution in [1.29, 1.82) is 0 Å². The number of piperidine rings is 1. The van der Waals surface area contributed by atoms with Gasteiger partial charge in [0.2, 0.25) is 0 Å². The molecular formula is C11H17N3S. The molecule has 0 spiro atoms. The van der Waals surface area contributed by atoms with Crippen molar-refractivity contribution < 1.29 is 0 Å². The van der Waals surface area contributed by atoms with E-state index in [1.807, 2.05) is 0 Å². The third kappa shape index (κ3) is 1.56. The Kier molecular flexibility index (Phi) is 2.21. The number of nitrogens with zero attached hydrogens (tertiary/aromatic N) is 2. The normalized spacial score (nSPS) is 34.8. The quantitative estimate of drug-likeness (QED) is 0.786. The summed E-state index contributed by atoms with van der Waals surface area (Å²) in [6.07, 6.45) is 2.64. The Hall–Kier alpha value is -0.610. The summed E-state index contributed by atoms with van der Waals surface area (Å²) in [6.45, 7) is 4.34. The molecule has 2 unspecified atom stereocenters. The highest BCUT2D eigenvalue weighted by Crippen LogP contribution is 2.38. The van der Waals surface area contributed by atoms with Crippen molar-refractivity contribution in [3.8, 4) is 0 Å². The van der Waals surface area contributed by atoms with Crippen LogP contribution in [0.25, 0.3) is 0 Å². The molecule has 82 valence electrons. The van der Waals surface area contributed by atoms with Gasteiger partial charge in [-0.1, -0.05) is 0 Å². The zero-order valence-electron chi connectivity index (χ0n) is 9.02. The highest BCUT2D eigenvalue weighted by molar-refractivity contribution is 7.10. The first-order valence-corrected chi connectivity index (χ1v) is 6.45. The van der Waals surface area contributed by atoms with Crippen molar-refractivity contribution in [2.45, 2.75) is 25.8 Å². The summed E-state index contributed by atoms with van der Waals surface area (Å²) in [6, 6.07) is 2.65. The third-order valence-electron chi connectivity index (χ3n) is 3.83. The maximum atomic E-state index is 6.19. The molecule has 2 atom stereocenters. The zero-order chi connectivity index (χ0) is 10.4. The third-order valence-corrected chi connectivity index (χ3v) is 4.78. The number of nitrogens with two attached hydrogens (primary N) is 1. The van der Waals surface area contributed by atoms with Gasteiger partial charge in [-0.15, -0.1) is 0 Å². The second-order valence-corrected chi connectivity index (χ2v) is 5.67. The van der Waals surface area contributed by atoms with Gasteiger partial charge in [-0.3, -0.25) is 0 Å². The van der Waals surface area contributed by atoms with Crippen LogP contribution in [-0.2, 0) is 0 Å². The van der Waals surface area contributed by atoms with Gasteiger partial charge in [-0.2, -0.15) is 4.37 Å². The Bertz CT molecular complexity index is 348. The smallest absolute Gasteiger partial charge is 0.112 e. The second-order valence-electron chi connectivity index (χ2n) is 4.89. The van der Waals surface area contributed by atoms with Crippen molar-refractivity contribution in [1.82, 2.24) is 4.37 Å². The van der Waals surface area contributed by atoms with Crippen LogP contribution < -0.4 is 10.6 Å². The van der Waals surface area contributed by atoms with Crippen LogP contribution in [0, 0.1) is 18.8 Å². The Morgan fingerprint density at radius 2 is 2.07 bits per heavy atom. The van der Waals surface area contributed by atoms with E-state index < -0.39 is 0 Å². The van der Waals surface area contributed by atoms with Gasteiger partial charge in [-0.05, 0) is 49.2 Å². The van der Waals surface area contributed by atoms with E-state index in [4.69, 9.17) is 5.73 Å². The summed E-state index contributed by atoms with van der Waals surface area (Å²) in [4.78, 5) is 2.48. The van der Waals surface area contributed by atoms with Crippen molar-refractivity contribution in [3.05, 3.63) is 11.8 Å². The van der Waals surface area contributed by atoms with Gasteiger partial charge in [0, 0.05) is 19.1 Å². The number of aryl methyl sites for hydroxylation is 1. The number of aromatic nitrogens is 1. The molecule has 1 saturated heterocycles. The number of anilines is 1. The molecule has 1 aliphatic heterocycles. The molecule has 1 aromatic rings. The second kappa shape index (κ2) is 3.46. The van der Waals surface area contributed by atoms with E-state index in [0.29, 0.717) is 17.9 Å². The SMILES string of the molecule is Cc1cc(N2CC3CCC(C2)C3N)sn1. The van der Waals surface area contributed by atoms with Crippen LogP contribution in [0.2, 0.25) is 0 Å². The van der Waals surface area contributed by atoms with E-state index >= 15 is 0 Å². The Balaban J connectivity index is 1.80. The summed E-state index contributed by atoms with van der Waals surface area (Å²) in [5.41, 5.74) is 7.33. The average molecular weight is 223 g/mol. The molecule has 2 N–H and O–H groups in total. The van der Waals surface area contributed by atoms with Crippen LogP contribution in [0.4, 0.5) is 5.00 Å². The van der Waals surface area contributed by atoms with E-state index in [1.165, 1.54) is 17.8 Å². The molecule has 2 heterocycles. The van der Waals surface area contributed by atoms with Gasteiger partial charge in [0.05, 0.1) is 5.69 Å². The molecule has 0 amide bonds. The number of hydrogen-bond acceptors (Lipinski definition) is 4. The van der Waals surface area contributed by atoms with Crippen molar-refractivity contribution in [2.24, 2.45) is 17.6 Å². The summed E-state index contributed by atoms with van der Waals surface area (Å²) < 4.78 is 4.35. The predicted molar refractivity (Wildman–Crippen MR) is 63.3 cm³/mol. The standard InChI is InChI=1S/C11H17N3S/c1-7-4-10(15-13-7)14-5-8-2-3-9(6-14)11(8)12/h4,8-9,11H,2-3,5-6,12H2,1H3. The Labute approximate surface area is 94.4 Å². The first-order chi connectivity index (χ1) is 7.24. The van der Waals surface area contributed by atoms with E-state index in [9.17, 15) is 0 Å². The van der Waals surface area contributed by atoms with E-state index in [1.54, 1.807) is 11.5 Å². The van der Waals surface area contributed by atoms with Crippen molar-refractivity contribution in [3.63, 3.8) is 0 Å². The van der Waals surface area contributed by atoms with E-state index in [-0.39, 0.29) is 0 Å². The molecule has 0 aromatic carbocycles. The molecule has 1 aromatic heterocycles. The summed E-state index contributed by atoms with van der Waals surface area (Å²) >= 11 is 1.62. The minimum Gasteiger partial charge on any atom is -0.362 e. The molecule has 3 rings (SSSR count). The molecule has 1 aliphatic carbocycles. The van der Waals surface area contributed by atoms with Crippen LogP contribution >= 0.6 is 11.5 Å². The molecule has 3 nitrogen and oxygen atoms in total. The number of fused-ring (bicyclic) bond motifs is 2. The lowest BCUT2D eigenvalue weighted by atomic mass is 9.93. The van der Waals surface area contributed by atoms with Crippen LogP contribution in [0.3, 0.4) is 0 Å². The summed E-state index contributed by atoms with van der Waals surface area (Å²) in [7, 11) is 0. The lowest BCUT2D eigenvalue weighted by Gasteiger charge is -2.36. The lowest BCUT2D eigenvalue weighted by molar-refractivity contribution is 0.357. The van der Waals surface area contributed by atoms with Crippen molar-refractivity contribution >= 4 is 16.5 Å². The lowest BCUT2D eigenvalue weighted by Crippen LogP contribution is -2.48. The van der Waals surface area contributed by atoms with Crippen LogP contribution in [0.15, 0.2) is 6.07 Å². The van der Waals surface area contributed by atoms with Crippen LogP contribution in [-0.4, -0.2) is 23.5 Å². The van der Waals surface area contributed by atoms with Gasteiger partial charge < -0.3 is 10.6 Å². The summed E-state index contributed by atoms with van der Waals surface area (Å²) in [5, 5.41) is 1.33. The number of hydrogen-bond donors (Lipinski definition) is 1. The Morgan fingerprint density at radius 1 is 1.40 bits per heavy atom. The van der Waals surface area contributed by atoms with Crippen LogP contribution in [0.1, 0.15) is 18.5 Å². The largest absolute Gasteiger partial charge is 0.362 e. The first kappa shape index (κ1) is 9.60. The minimum absolute atomic E-state index is 0.454. The van der Waals surface area contributed by atoms with Gasteiger partial charge in [0.25, 0.3) is 0 Å². The fourth-order valence-corrected chi connectivity index (χ4v) is 3.72. The Morgan fingerprint density at radius 3 is 2.60 bits per heavy atom. The molecule has 2 aliphatic rings. The maximum absolute atomic E-state index is 6.19. The number of rotatable bonds is 1. The first-order valence-electron chi connectivity index (χ1n) is 5.68. The average Bonchev–Trinajstić information content (AvgIpc) is 2.70. The van der Waals surface area contributed by atoms with Gasteiger partial charge in [0.15, 0.2) is 0 Å². The van der Waals surface area contributed by atoms with E-state index in [2.05, 4.69) is 22.3 Å². The molecule has 1 saturated carbocycles. The van der Waals surface area contributed by atoms with Gasteiger partial charge in [0.1, 0.15) is 5.00 Å². The zero-order valence-corrected chi connectivity index (χ0v) is 9.83. The molecule has 0 radical (unpaired) electrons. The highest BCUT2D eigenvalue weighted by Gasteiger charge is 2.40. The topological polar surface area (TPSA) is 42.1 Å². The molecule has 2 fully saturated rings. The molecule has 15 heavy (non-hydrogen) atoms. The van der Waals surface area contributed by atoms with Gasteiger partial charge >= 0.3 is 0 Å².